The van der Waals surface area contributed by atoms with Crippen molar-refractivity contribution in [1.29, 1.82) is 0 Å². The molecule has 0 radical (unpaired) electrons. The molecule has 0 bridgehead atoms. The highest BCUT2D eigenvalue weighted by molar-refractivity contribution is 5.88. The Hall–Kier alpha value is -2.54. The van der Waals surface area contributed by atoms with Gasteiger partial charge in [0.25, 0.3) is 5.71 Å². The number of anilines is 1. The molecular weight excluding hydrogens is 299 g/mol. The fourth-order valence-electron chi connectivity index (χ4n) is 3.17. The minimum absolute atomic E-state index is 0.0852. The Morgan fingerprint density at radius 2 is 2.04 bits per heavy atom. The summed E-state index contributed by atoms with van der Waals surface area (Å²) in [4.78, 5) is 10.5. The Balaban J connectivity index is 1.81. The summed E-state index contributed by atoms with van der Waals surface area (Å²) in [6.45, 7) is 2.27. The number of hydrogen-bond donors (Lipinski definition) is 1. The zero-order chi connectivity index (χ0) is 16.0. The van der Waals surface area contributed by atoms with E-state index in [4.69, 9.17) is 4.52 Å². The number of benzene rings is 1. The minimum Gasteiger partial charge on any atom is -0.391 e. The number of β-amino-alcohol motifs (C(OH)–C–C–N with tert-alkyl or cyclic N) is 1. The SMILES string of the molecule is Cc1noc2ncnc(N3C[C@H](O)C[C@H]3c3ccc(F)cc3)c12. The van der Waals surface area contributed by atoms with E-state index in [1.54, 1.807) is 12.1 Å². The lowest BCUT2D eigenvalue weighted by Crippen LogP contribution is -2.25. The van der Waals surface area contributed by atoms with E-state index in [1.807, 2.05) is 11.8 Å². The second-order valence-corrected chi connectivity index (χ2v) is 5.75. The minimum atomic E-state index is -0.477. The van der Waals surface area contributed by atoms with Gasteiger partial charge in [-0.3, -0.25) is 0 Å². The average molecular weight is 314 g/mol. The second-order valence-electron chi connectivity index (χ2n) is 5.75. The molecule has 1 aromatic carbocycles. The lowest BCUT2D eigenvalue weighted by atomic mass is 10.0. The first-order valence-electron chi connectivity index (χ1n) is 7.40. The van der Waals surface area contributed by atoms with Crippen molar-refractivity contribution in [1.82, 2.24) is 15.1 Å². The summed E-state index contributed by atoms with van der Waals surface area (Å²) < 4.78 is 18.4. The number of aliphatic hydroxyl groups is 1. The number of aromatic nitrogens is 3. The molecule has 1 saturated heterocycles. The number of halogens is 1. The monoisotopic (exact) mass is 314 g/mol. The van der Waals surface area contributed by atoms with E-state index in [0.29, 0.717) is 30.2 Å². The maximum Gasteiger partial charge on any atom is 0.263 e. The zero-order valence-corrected chi connectivity index (χ0v) is 12.5. The molecule has 1 fully saturated rings. The van der Waals surface area contributed by atoms with Crippen LogP contribution in [0, 0.1) is 12.7 Å². The second kappa shape index (κ2) is 5.27. The van der Waals surface area contributed by atoms with Crippen LogP contribution in [0.15, 0.2) is 35.1 Å². The fourth-order valence-corrected chi connectivity index (χ4v) is 3.17. The van der Waals surface area contributed by atoms with Gasteiger partial charge in [-0.2, -0.15) is 4.98 Å². The normalized spacial score (nSPS) is 21.3. The molecule has 0 unspecified atom stereocenters. The molecule has 1 N–H and O–H groups in total. The van der Waals surface area contributed by atoms with Crippen molar-refractivity contribution in [3.63, 3.8) is 0 Å². The van der Waals surface area contributed by atoms with Crippen LogP contribution >= 0.6 is 0 Å². The molecule has 23 heavy (non-hydrogen) atoms. The van der Waals surface area contributed by atoms with Gasteiger partial charge in [0.05, 0.1) is 17.8 Å². The van der Waals surface area contributed by atoms with Crippen molar-refractivity contribution in [2.24, 2.45) is 0 Å². The highest BCUT2D eigenvalue weighted by Gasteiger charge is 2.34. The first-order valence-corrected chi connectivity index (χ1v) is 7.40. The van der Waals surface area contributed by atoms with Gasteiger partial charge < -0.3 is 14.5 Å². The Morgan fingerprint density at radius 3 is 2.83 bits per heavy atom. The molecule has 3 aromatic rings. The van der Waals surface area contributed by atoms with E-state index in [0.717, 1.165) is 10.9 Å². The van der Waals surface area contributed by atoms with Crippen LogP contribution in [-0.2, 0) is 0 Å². The first-order chi connectivity index (χ1) is 11.1. The third kappa shape index (κ3) is 2.33. The molecular formula is C16H15FN4O2. The van der Waals surface area contributed by atoms with Gasteiger partial charge in [-0.05, 0) is 31.0 Å². The van der Waals surface area contributed by atoms with Gasteiger partial charge in [-0.1, -0.05) is 17.3 Å². The van der Waals surface area contributed by atoms with Gasteiger partial charge in [0.2, 0.25) is 0 Å². The summed E-state index contributed by atoms with van der Waals surface area (Å²) in [6.07, 6.45) is 1.51. The molecule has 1 aliphatic heterocycles. The maximum absolute atomic E-state index is 13.2. The van der Waals surface area contributed by atoms with E-state index >= 15 is 0 Å². The molecule has 2 atom stereocenters. The highest BCUT2D eigenvalue weighted by atomic mass is 19.1. The van der Waals surface area contributed by atoms with Crippen molar-refractivity contribution in [2.75, 3.05) is 11.4 Å². The lowest BCUT2D eigenvalue weighted by molar-refractivity contribution is 0.194. The van der Waals surface area contributed by atoms with Crippen molar-refractivity contribution < 1.29 is 14.0 Å². The van der Waals surface area contributed by atoms with E-state index < -0.39 is 6.10 Å². The quantitative estimate of drug-likeness (QED) is 0.783. The number of aryl methyl sites for hydroxylation is 1. The van der Waals surface area contributed by atoms with Crippen molar-refractivity contribution in [3.05, 3.63) is 47.7 Å². The molecule has 7 heteroatoms. The van der Waals surface area contributed by atoms with Crippen LogP contribution in [0.5, 0.6) is 0 Å². The van der Waals surface area contributed by atoms with E-state index in [2.05, 4.69) is 15.1 Å². The standard InChI is InChI=1S/C16H15FN4O2/c1-9-14-15(18-8-19-16(14)23-20-9)21-7-12(22)6-13(21)10-2-4-11(17)5-3-10/h2-5,8,12-13,22H,6-7H2,1H3/t12-,13+/m1/s1. The molecule has 3 heterocycles. The molecule has 118 valence electrons. The van der Waals surface area contributed by atoms with Crippen LogP contribution in [0.25, 0.3) is 11.1 Å². The Kier molecular flexibility index (Phi) is 3.23. The van der Waals surface area contributed by atoms with Gasteiger partial charge in [-0.25, -0.2) is 9.37 Å². The van der Waals surface area contributed by atoms with Gasteiger partial charge in [-0.15, -0.1) is 0 Å². The number of fused-ring (bicyclic) bond motifs is 1. The van der Waals surface area contributed by atoms with Crippen molar-refractivity contribution in [3.8, 4) is 0 Å². The number of hydrogen-bond acceptors (Lipinski definition) is 6. The van der Waals surface area contributed by atoms with Gasteiger partial charge in [0.1, 0.15) is 23.3 Å². The predicted molar refractivity (Wildman–Crippen MR) is 81.4 cm³/mol. The van der Waals surface area contributed by atoms with Crippen molar-refractivity contribution >= 4 is 16.9 Å². The summed E-state index contributed by atoms with van der Waals surface area (Å²) >= 11 is 0. The molecule has 0 spiro atoms. The predicted octanol–water partition coefficient (Wildman–Crippen LogP) is 2.38. The van der Waals surface area contributed by atoms with Crippen LogP contribution in [0.1, 0.15) is 23.7 Å². The lowest BCUT2D eigenvalue weighted by Gasteiger charge is -2.26. The van der Waals surface area contributed by atoms with E-state index in [1.165, 1.54) is 18.5 Å². The zero-order valence-electron chi connectivity index (χ0n) is 12.5. The van der Waals surface area contributed by atoms with E-state index in [9.17, 15) is 9.50 Å². The van der Waals surface area contributed by atoms with Gasteiger partial charge in [0.15, 0.2) is 0 Å². The summed E-state index contributed by atoms with van der Waals surface area (Å²) in [7, 11) is 0. The molecule has 6 nitrogen and oxygen atoms in total. The van der Waals surface area contributed by atoms with Gasteiger partial charge >= 0.3 is 0 Å². The molecule has 2 aromatic heterocycles. The number of rotatable bonds is 2. The third-order valence-corrected chi connectivity index (χ3v) is 4.23. The fraction of sp³-hybridized carbons (Fsp3) is 0.312. The van der Waals surface area contributed by atoms with Crippen LogP contribution in [0.2, 0.25) is 0 Å². The summed E-state index contributed by atoms with van der Waals surface area (Å²) in [5.41, 5.74) is 2.06. The number of nitrogens with zero attached hydrogens (tertiary/aromatic N) is 4. The molecule has 0 saturated carbocycles. The summed E-state index contributed by atoms with van der Waals surface area (Å²) in [5, 5.41) is 14.8. The van der Waals surface area contributed by atoms with Crippen molar-refractivity contribution in [2.45, 2.75) is 25.5 Å². The Bertz CT molecular complexity index is 849. The summed E-state index contributed by atoms with van der Waals surface area (Å²) in [6, 6.07) is 6.25. The number of aliphatic hydroxyl groups excluding tert-OH is 1. The third-order valence-electron chi connectivity index (χ3n) is 4.23. The molecule has 0 aliphatic carbocycles. The van der Waals surface area contributed by atoms with Crippen LogP contribution in [0.3, 0.4) is 0 Å². The molecule has 0 amide bonds. The highest BCUT2D eigenvalue weighted by Crippen LogP contribution is 2.38. The van der Waals surface area contributed by atoms with Crippen LogP contribution in [0.4, 0.5) is 10.2 Å². The summed E-state index contributed by atoms with van der Waals surface area (Å²) in [5.74, 6) is 0.401. The van der Waals surface area contributed by atoms with E-state index in [-0.39, 0.29) is 11.9 Å². The van der Waals surface area contributed by atoms with Crippen LogP contribution < -0.4 is 4.90 Å². The molecule has 1 aliphatic rings. The largest absolute Gasteiger partial charge is 0.391 e. The average Bonchev–Trinajstić information content (AvgIpc) is 3.12. The van der Waals surface area contributed by atoms with Crippen LogP contribution in [-0.4, -0.2) is 32.9 Å². The topological polar surface area (TPSA) is 75.3 Å². The molecule has 4 rings (SSSR count). The van der Waals surface area contributed by atoms with Gasteiger partial charge in [0, 0.05) is 6.54 Å². The smallest absolute Gasteiger partial charge is 0.263 e. The first kappa shape index (κ1) is 14.1. The Morgan fingerprint density at radius 1 is 1.26 bits per heavy atom. The maximum atomic E-state index is 13.2. The Labute approximate surface area is 131 Å².